The lowest BCUT2D eigenvalue weighted by Crippen LogP contribution is -2.34. The summed E-state index contributed by atoms with van der Waals surface area (Å²) >= 11 is 0. The summed E-state index contributed by atoms with van der Waals surface area (Å²) in [6.07, 6.45) is 7.89. The first-order valence-electron chi connectivity index (χ1n) is 4.93. The second-order valence-corrected chi connectivity index (χ2v) is 4.36. The molecule has 0 aliphatic heterocycles. The van der Waals surface area contributed by atoms with Gasteiger partial charge in [-0.15, -0.1) is 0 Å². The van der Waals surface area contributed by atoms with Gasteiger partial charge in [-0.2, -0.15) is 0 Å². The zero-order chi connectivity index (χ0) is 8.32. The molecule has 0 heterocycles. The lowest BCUT2D eigenvalue weighted by Gasteiger charge is -2.21. The fourth-order valence-corrected chi connectivity index (χ4v) is 2.01. The second kappa shape index (κ2) is 3.57. The normalized spacial score (nSPS) is 40.1. The molecule has 0 aromatic rings. The Bertz CT molecular complexity index is 118. The van der Waals surface area contributed by atoms with Crippen molar-refractivity contribution in [1.82, 2.24) is 0 Å². The summed E-state index contributed by atoms with van der Waals surface area (Å²) in [5, 5.41) is 0. The smallest absolute Gasteiger partial charge is 0.0126 e. The van der Waals surface area contributed by atoms with Crippen LogP contribution in [-0.2, 0) is 0 Å². The van der Waals surface area contributed by atoms with Gasteiger partial charge >= 0.3 is 0 Å². The van der Waals surface area contributed by atoms with Crippen LogP contribution in [0.15, 0.2) is 0 Å². The molecular formula is C10H21N. The Balaban J connectivity index is 2.39. The molecular weight excluding hydrogens is 134 g/mol. The van der Waals surface area contributed by atoms with Gasteiger partial charge in [0, 0.05) is 5.54 Å². The Morgan fingerprint density at radius 1 is 1.36 bits per heavy atom. The van der Waals surface area contributed by atoms with Crippen molar-refractivity contribution in [1.29, 1.82) is 0 Å². The van der Waals surface area contributed by atoms with Crippen LogP contribution in [0.5, 0.6) is 0 Å². The lowest BCUT2D eigenvalue weighted by atomic mass is 9.93. The first-order valence-corrected chi connectivity index (χ1v) is 4.93. The van der Waals surface area contributed by atoms with Gasteiger partial charge in [0.15, 0.2) is 0 Å². The van der Waals surface area contributed by atoms with Crippen molar-refractivity contribution in [2.75, 3.05) is 0 Å². The molecule has 0 bridgehead atoms. The van der Waals surface area contributed by atoms with Crippen molar-refractivity contribution in [3.63, 3.8) is 0 Å². The van der Waals surface area contributed by atoms with Gasteiger partial charge in [0.25, 0.3) is 0 Å². The second-order valence-electron chi connectivity index (χ2n) is 4.36. The number of nitrogens with two attached hydrogens (primary N) is 1. The zero-order valence-corrected chi connectivity index (χ0v) is 7.90. The van der Waals surface area contributed by atoms with Gasteiger partial charge in [-0.25, -0.2) is 0 Å². The molecule has 0 amide bonds. The quantitative estimate of drug-likeness (QED) is 0.579. The van der Waals surface area contributed by atoms with E-state index in [0.717, 1.165) is 5.92 Å². The summed E-state index contributed by atoms with van der Waals surface area (Å²) in [4.78, 5) is 0. The highest BCUT2D eigenvalue weighted by atomic mass is 14.7. The average molecular weight is 155 g/mol. The molecule has 1 heteroatoms. The van der Waals surface area contributed by atoms with Crippen LogP contribution in [0.25, 0.3) is 0 Å². The fourth-order valence-electron chi connectivity index (χ4n) is 2.01. The molecule has 1 aliphatic rings. The van der Waals surface area contributed by atoms with Crippen LogP contribution in [0.4, 0.5) is 0 Å². The molecule has 0 saturated heterocycles. The van der Waals surface area contributed by atoms with Crippen LogP contribution in [0.3, 0.4) is 0 Å². The monoisotopic (exact) mass is 155 g/mol. The third-order valence-corrected chi connectivity index (χ3v) is 3.06. The molecule has 0 radical (unpaired) electrons. The van der Waals surface area contributed by atoms with Crippen molar-refractivity contribution in [3.05, 3.63) is 0 Å². The van der Waals surface area contributed by atoms with E-state index in [0.29, 0.717) is 0 Å². The van der Waals surface area contributed by atoms with Gasteiger partial charge in [-0.3, -0.25) is 0 Å². The molecule has 66 valence electrons. The van der Waals surface area contributed by atoms with Crippen LogP contribution >= 0.6 is 0 Å². The highest BCUT2D eigenvalue weighted by molar-refractivity contribution is 4.82. The van der Waals surface area contributed by atoms with Gasteiger partial charge in [0.2, 0.25) is 0 Å². The Morgan fingerprint density at radius 3 is 2.73 bits per heavy atom. The minimum Gasteiger partial charge on any atom is -0.325 e. The topological polar surface area (TPSA) is 26.0 Å². The van der Waals surface area contributed by atoms with Crippen LogP contribution in [0, 0.1) is 5.92 Å². The van der Waals surface area contributed by atoms with E-state index >= 15 is 0 Å². The summed E-state index contributed by atoms with van der Waals surface area (Å²) in [6.45, 7) is 4.49. The largest absolute Gasteiger partial charge is 0.325 e. The van der Waals surface area contributed by atoms with E-state index in [1.165, 1.54) is 38.5 Å². The van der Waals surface area contributed by atoms with Crippen molar-refractivity contribution >= 4 is 0 Å². The molecule has 1 aliphatic carbocycles. The molecule has 2 unspecified atom stereocenters. The minimum absolute atomic E-state index is 0.143. The molecule has 0 aromatic carbocycles. The Hall–Kier alpha value is -0.0400. The van der Waals surface area contributed by atoms with Gasteiger partial charge < -0.3 is 5.73 Å². The summed E-state index contributed by atoms with van der Waals surface area (Å²) in [7, 11) is 0. The van der Waals surface area contributed by atoms with E-state index in [4.69, 9.17) is 5.73 Å². The van der Waals surface area contributed by atoms with Crippen LogP contribution in [-0.4, -0.2) is 5.54 Å². The predicted molar refractivity (Wildman–Crippen MR) is 49.5 cm³/mol. The Labute approximate surface area is 70.4 Å². The molecule has 11 heavy (non-hydrogen) atoms. The predicted octanol–water partition coefficient (Wildman–Crippen LogP) is 2.69. The first kappa shape index (κ1) is 9.05. The van der Waals surface area contributed by atoms with Crippen LogP contribution in [0.1, 0.15) is 52.4 Å². The summed E-state index contributed by atoms with van der Waals surface area (Å²) in [5.74, 6) is 0.959. The van der Waals surface area contributed by atoms with E-state index in [9.17, 15) is 0 Å². The summed E-state index contributed by atoms with van der Waals surface area (Å²) in [6, 6.07) is 0. The Morgan fingerprint density at radius 2 is 2.09 bits per heavy atom. The average Bonchev–Trinajstić information content (AvgIpc) is 2.10. The molecule has 1 nitrogen and oxygen atoms in total. The van der Waals surface area contributed by atoms with E-state index in [-0.39, 0.29) is 5.54 Å². The van der Waals surface area contributed by atoms with Crippen molar-refractivity contribution in [2.45, 2.75) is 57.9 Å². The van der Waals surface area contributed by atoms with E-state index < -0.39 is 0 Å². The van der Waals surface area contributed by atoms with E-state index in [1.807, 2.05) is 0 Å². The standard InChI is InChI=1S/C10H21N/c1-3-9-5-4-7-10(2,11)8-6-9/h9H,3-8,11H2,1-2H3. The van der Waals surface area contributed by atoms with Gasteiger partial charge in [0.05, 0.1) is 0 Å². The lowest BCUT2D eigenvalue weighted by molar-refractivity contribution is 0.391. The maximum absolute atomic E-state index is 6.09. The van der Waals surface area contributed by atoms with E-state index in [1.54, 1.807) is 0 Å². The highest BCUT2D eigenvalue weighted by Crippen LogP contribution is 2.29. The third-order valence-electron chi connectivity index (χ3n) is 3.06. The van der Waals surface area contributed by atoms with Crippen LogP contribution in [0.2, 0.25) is 0 Å². The van der Waals surface area contributed by atoms with Gasteiger partial charge in [-0.05, 0) is 32.1 Å². The number of rotatable bonds is 1. The van der Waals surface area contributed by atoms with Crippen molar-refractivity contribution < 1.29 is 0 Å². The molecule has 1 saturated carbocycles. The molecule has 2 N–H and O–H groups in total. The number of hydrogen-bond donors (Lipinski definition) is 1. The SMILES string of the molecule is CCC1CCCC(C)(N)CC1. The third kappa shape index (κ3) is 2.82. The molecule has 1 rings (SSSR count). The zero-order valence-electron chi connectivity index (χ0n) is 7.90. The van der Waals surface area contributed by atoms with Crippen molar-refractivity contribution in [2.24, 2.45) is 11.7 Å². The van der Waals surface area contributed by atoms with Crippen molar-refractivity contribution in [3.8, 4) is 0 Å². The first-order chi connectivity index (χ1) is 5.14. The van der Waals surface area contributed by atoms with Gasteiger partial charge in [0.1, 0.15) is 0 Å². The van der Waals surface area contributed by atoms with Crippen LogP contribution < -0.4 is 5.73 Å². The molecule has 1 fully saturated rings. The maximum atomic E-state index is 6.09. The number of hydrogen-bond acceptors (Lipinski definition) is 1. The Kier molecular flexibility index (Phi) is 2.94. The van der Waals surface area contributed by atoms with E-state index in [2.05, 4.69) is 13.8 Å². The minimum atomic E-state index is 0.143. The maximum Gasteiger partial charge on any atom is 0.0126 e. The molecule has 0 aromatic heterocycles. The summed E-state index contributed by atoms with van der Waals surface area (Å²) < 4.78 is 0. The summed E-state index contributed by atoms with van der Waals surface area (Å²) in [5.41, 5.74) is 6.24. The highest BCUT2D eigenvalue weighted by Gasteiger charge is 2.23. The molecule has 0 spiro atoms. The fraction of sp³-hybridized carbons (Fsp3) is 1.00. The van der Waals surface area contributed by atoms with Gasteiger partial charge in [-0.1, -0.05) is 26.2 Å². The molecule has 2 atom stereocenters.